The fourth-order valence-electron chi connectivity index (χ4n) is 1.57. The van der Waals surface area contributed by atoms with Gasteiger partial charge in [-0.3, -0.25) is 0 Å². The lowest BCUT2D eigenvalue weighted by Gasteiger charge is -2.17. The molecule has 1 heterocycles. The minimum Gasteiger partial charge on any atom is -0.315 e. The van der Waals surface area contributed by atoms with Gasteiger partial charge in [0.2, 0.25) is 0 Å². The third kappa shape index (κ3) is 5.30. The predicted octanol–water partition coefficient (Wildman–Crippen LogP) is 2.22. The Labute approximate surface area is 97.3 Å². The summed E-state index contributed by atoms with van der Waals surface area (Å²) in [5, 5.41) is 5.63. The predicted molar refractivity (Wildman–Crippen MR) is 68.7 cm³/mol. The molecule has 0 unspecified atom stereocenters. The summed E-state index contributed by atoms with van der Waals surface area (Å²) in [5.41, 5.74) is 0. The molecule has 0 aliphatic heterocycles. The molecular weight excluding hydrogens is 204 g/mol. The van der Waals surface area contributed by atoms with E-state index >= 15 is 0 Å². The van der Waals surface area contributed by atoms with Crippen LogP contribution in [-0.2, 0) is 6.42 Å². The first-order chi connectivity index (χ1) is 7.36. The fourth-order valence-corrected chi connectivity index (χ4v) is 2.28. The molecule has 1 aromatic heterocycles. The van der Waals surface area contributed by atoms with E-state index in [0.717, 1.165) is 39.1 Å². The van der Waals surface area contributed by atoms with Crippen molar-refractivity contribution in [1.29, 1.82) is 0 Å². The van der Waals surface area contributed by atoms with Crippen LogP contribution in [0.1, 0.15) is 18.7 Å². The van der Waals surface area contributed by atoms with Crippen molar-refractivity contribution in [3.05, 3.63) is 22.4 Å². The molecule has 0 aliphatic rings. The van der Waals surface area contributed by atoms with Crippen LogP contribution >= 0.6 is 11.3 Å². The van der Waals surface area contributed by atoms with Crippen LogP contribution in [-0.4, -0.2) is 37.6 Å². The van der Waals surface area contributed by atoms with Gasteiger partial charge in [0.05, 0.1) is 0 Å². The highest BCUT2D eigenvalue weighted by molar-refractivity contribution is 7.09. The smallest absolute Gasteiger partial charge is 0.0107 e. The third-order valence-corrected chi connectivity index (χ3v) is 3.56. The van der Waals surface area contributed by atoms with Gasteiger partial charge < -0.3 is 10.2 Å². The molecule has 0 amide bonds. The third-order valence-electron chi connectivity index (χ3n) is 2.63. The van der Waals surface area contributed by atoms with Gasteiger partial charge in [-0.2, -0.15) is 0 Å². The van der Waals surface area contributed by atoms with Crippen molar-refractivity contribution in [2.24, 2.45) is 0 Å². The zero-order valence-corrected chi connectivity index (χ0v) is 10.6. The van der Waals surface area contributed by atoms with Gasteiger partial charge >= 0.3 is 0 Å². The van der Waals surface area contributed by atoms with Crippen molar-refractivity contribution >= 4 is 11.3 Å². The lowest BCUT2D eigenvalue weighted by Crippen LogP contribution is -2.32. The number of thiophene rings is 1. The second-order valence-corrected chi connectivity index (χ2v) is 4.64. The molecule has 86 valence electrons. The normalized spacial score (nSPS) is 11.1. The fraction of sp³-hybridized carbons (Fsp3) is 0.667. The van der Waals surface area contributed by atoms with E-state index in [1.807, 2.05) is 11.3 Å². The summed E-state index contributed by atoms with van der Waals surface area (Å²) in [6.45, 7) is 10.1. The van der Waals surface area contributed by atoms with Crippen molar-refractivity contribution < 1.29 is 0 Å². The van der Waals surface area contributed by atoms with Crippen LogP contribution in [0.2, 0.25) is 0 Å². The number of hydrogen-bond donors (Lipinski definition) is 1. The van der Waals surface area contributed by atoms with Crippen molar-refractivity contribution in [3.8, 4) is 0 Å². The van der Waals surface area contributed by atoms with Crippen LogP contribution in [0.25, 0.3) is 0 Å². The average molecular weight is 226 g/mol. The molecule has 0 atom stereocenters. The zero-order chi connectivity index (χ0) is 10.9. The molecule has 0 radical (unpaired) electrons. The Morgan fingerprint density at radius 1 is 1.27 bits per heavy atom. The van der Waals surface area contributed by atoms with E-state index in [2.05, 4.69) is 41.6 Å². The lowest BCUT2D eigenvalue weighted by molar-refractivity contribution is 0.303. The van der Waals surface area contributed by atoms with Gasteiger partial charge in [0.25, 0.3) is 0 Å². The summed E-state index contributed by atoms with van der Waals surface area (Å²) in [5.74, 6) is 0. The lowest BCUT2D eigenvalue weighted by atomic mass is 10.3. The monoisotopic (exact) mass is 226 g/mol. The molecule has 0 bridgehead atoms. The largest absolute Gasteiger partial charge is 0.315 e. The Bertz CT molecular complexity index is 230. The molecule has 0 saturated carbocycles. The first kappa shape index (κ1) is 12.7. The molecule has 0 aliphatic carbocycles. The summed E-state index contributed by atoms with van der Waals surface area (Å²) in [7, 11) is 0. The van der Waals surface area contributed by atoms with Gasteiger partial charge in [-0.05, 0) is 31.0 Å². The molecule has 2 nitrogen and oxygen atoms in total. The molecule has 1 aromatic rings. The zero-order valence-electron chi connectivity index (χ0n) is 9.83. The molecule has 0 aromatic carbocycles. The van der Waals surface area contributed by atoms with Gasteiger partial charge in [-0.15, -0.1) is 11.3 Å². The number of nitrogens with zero attached hydrogens (tertiary/aromatic N) is 1. The van der Waals surface area contributed by atoms with Crippen LogP contribution in [0.15, 0.2) is 17.5 Å². The van der Waals surface area contributed by atoms with Gasteiger partial charge in [0, 0.05) is 24.5 Å². The van der Waals surface area contributed by atoms with Gasteiger partial charge in [0.1, 0.15) is 0 Å². The molecule has 15 heavy (non-hydrogen) atoms. The minimum absolute atomic E-state index is 1.10. The number of nitrogens with one attached hydrogen (secondary N) is 1. The molecular formula is C12H22N2S. The minimum atomic E-state index is 1.10. The highest BCUT2D eigenvalue weighted by atomic mass is 32.1. The Morgan fingerprint density at radius 3 is 2.67 bits per heavy atom. The van der Waals surface area contributed by atoms with Gasteiger partial charge in [-0.1, -0.05) is 19.9 Å². The van der Waals surface area contributed by atoms with Crippen LogP contribution < -0.4 is 5.32 Å². The number of hydrogen-bond acceptors (Lipinski definition) is 3. The highest BCUT2D eigenvalue weighted by Crippen LogP contribution is 2.07. The van der Waals surface area contributed by atoms with E-state index in [0.29, 0.717) is 0 Å². The maximum Gasteiger partial charge on any atom is 0.0107 e. The number of rotatable bonds is 8. The Hall–Kier alpha value is -0.380. The van der Waals surface area contributed by atoms with Crippen LogP contribution in [0.4, 0.5) is 0 Å². The Kier molecular flexibility index (Phi) is 6.64. The number of likely N-dealkylation sites (N-methyl/N-ethyl adjacent to an activating group) is 1. The van der Waals surface area contributed by atoms with E-state index in [1.54, 1.807) is 0 Å². The first-order valence-electron chi connectivity index (χ1n) is 5.82. The van der Waals surface area contributed by atoms with E-state index < -0.39 is 0 Å². The molecule has 0 spiro atoms. The van der Waals surface area contributed by atoms with E-state index in [-0.39, 0.29) is 0 Å². The summed E-state index contributed by atoms with van der Waals surface area (Å²) in [6.07, 6.45) is 1.16. The Balaban J connectivity index is 1.97. The van der Waals surface area contributed by atoms with E-state index in [1.165, 1.54) is 4.88 Å². The second-order valence-electron chi connectivity index (χ2n) is 3.61. The topological polar surface area (TPSA) is 15.3 Å². The second kappa shape index (κ2) is 7.85. The molecule has 1 rings (SSSR count). The summed E-state index contributed by atoms with van der Waals surface area (Å²) < 4.78 is 0. The maximum absolute atomic E-state index is 3.49. The molecule has 3 heteroatoms. The molecule has 0 saturated heterocycles. The maximum atomic E-state index is 3.49. The van der Waals surface area contributed by atoms with E-state index in [9.17, 15) is 0 Å². The quantitative estimate of drug-likeness (QED) is 0.684. The molecule has 0 fully saturated rings. The average Bonchev–Trinajstić information content (AvgIpc) is 2.76. The van der Waals surface area contributed by atoms with E-state index in [4.69, 9.17) is 0 Å². The SMILES string of the molecule is CCN(CC)CCNCCc1cccs1. The summed E-state index contributed by atoms with van der Waals surface area (Å²) in [6, 6.07) is 4.33. The van der Waals surface area contributed by atoms with Gasteiger partial charge in [0.15, 0.2) is 0 Å². The molecule has 1 N–H and O–H groups in total. The van der Waals surface area contributed by atoms with Crippen LogP contribution in [0.3, 0.4) is 0 Å². The van der Waals surface area contributed by atoms with Gasteiger partial charge in [-0.25, -0.2) is 0 Å². The standard InChI is InChI=1S/C12H22N2S/c1-3-14(4-2)10-9-13-8-7-12-6-5-11-15-12/h5-6,11,13H,3-4,7-10H2,1-2H3. The van der Waals surface area contributed by atoms with Crippen LogP contribution in [0.5, 0.6) is 0 Å². The van der Waals surface area contributed by atoms with Crippen molar-refractivity contribution in [1.82, 2.24) is 10.2 Å². The van der Waals surface area contributed by atoms with Crippen molar-refractivity contribution in [3.63, 3.8) is 0 Å². The van der Waals surface area contributed by atoms with Crippen molar-refractivity contribution in [2.45, 2.75) is 20.3 Å². The van der Waals surface area contributed by atoms with Crippen molar-refractivity contribution in [2.75, 3.05) is 32.7 Å². The Morgan fingerprint density at radius 2 is 2.07 bits per heavy atom. The summed E-state index contributed by atoms with van der Waals surface area (Å²) in [4.78, 5) is 3.92. The van der Waals surface area contributed by atoms with Crippen LogP contribution in [0, 0.1) is 0 Å². The summed E-state index contributed by atoms with van der Waals surface area (Å²) >= 11 is 1.85. The highest BCUT2D eigenvalue weighted by Gasteiger charge is 1.97. The first-order valence-corrected chi connectivity index (χ1v) is 6.70.